The highest BCUT2D eigenvalue weighted by atomic mass is 79.9. The van der Waals surface area contributed by atoms with Crippen molar-refractivity contribution in [1.29, 1.82) is 0 Å². The molecule has 2 aliphatic rings. The van der Waals surface area contributed by atoms with E-state index < -0.39 is 17.5 Å². The van der Waals surface area contributed by atoms with Gasteiger partial charge < -0.3 is 14.4 Å². The van der Waals surface area contributed by atoms with Gasteiger partial charge in [-0.05, 0) is 34.1 Å². The van der Waals surface area contributed by atoms with Crippen LogP contribution in [0.1, 0.15) is 18.4 Å². The molecule has 0 unspecified atom stereocenters. The lowest BCUT2D eigenvalue weighted by Crippen LogP contribution is -2.45. The number of nitrogens with zero attached hydrogens (tertiary/aromatic N) is 1. The summed E-state index contributed by atoms with van der Waals surface area (Å²) in [4.78, 5) is 1.94. The van der Waals surface area contributed by atoms with Gasteiger partial charge in [-0.1, -0.05) is 0 Å². The maximum atomic E-state index is 12.8. The molecule has 0 amide bonds. The largest absolute Gasteiger partial charge is 0.416 e. The second-order valence-electron chi connectivity index (χ2n) is 5.26. The SMILES string of the molecule is FC(F)(F)c1ccc(Br)c(N2CCC3(CC2)OCCO3)c1. The molecule has 21 heavy (non-hydrogen) atoms. The van der Waals surface area contributed by atoms with Crippen LogP contribution in [-0.4, -0.2) is 32.1 Å². The molecule has 1 aromatic rings. The van der Waals surface area contributed by atoms with Gasteiger partial charge in [0.2, 0.25) is 0 Å². The van der Waals surface area contributed by atoms with Crippen molar-refractivity contribution >= 4 is 21.6 Å². The van der Waals surface area contributed by atoms with E-state index in [1.807, 2.05) is 4.90 Å². The minimum atomic E-state index is -4.33. The standard InChI is InChI=1S/C14H15BrF3NO2/c15-11-2-1-10(14(16,17)18)9-12(11)19-5-3-13(4-6-19)20-7-8-21-13/h1-2,9H,3-8H2. The quantitative estimate of drug-likeness (QED) is 0.755. The molecule has 116 valence electrons. The van der Waals surface area contributed by atoms with E-state index in [4.69, 9.17) is 9.47 Å². The van der Waals surface area contributed by atoms with Gasteiger partial charge >= 0.3 is 6.18 Å². The van der Waals surface area contributed by atoms with Crippen molar-refractivity contribution in [1.82, 2.24) is 0 Å². The number of alkyl halides is 3. The molecule has 0 atom stereocenters. The van der Waals surface area contributed by atoms with Crippen LogP contribution in [0.4, 0.5) is 18.9 Å². The number of halogens is 4. The van der Waals surface area contributed by atoms with E-state index >= 15 is 0 Å². The smallest absolute Gasteiger partial charge is 0.370 e. The van der Waals surface area contributed by atoms with Crippen LogP contribution in [0, 0.1) is 0 Å². The molecule has 2 fully saturated rings. The third-order valence-electron chi connectivity index (χ3n) is 3.95. The number of ether oxygens (including phenoxy) is 2. The normalized spacial score (nSPS) is 22.0. The molecule has 1 aromatic carbocycles. The van der Waals surface area contributed by atoms with Crippen LogP contribution in [0.5, 0.6) is 0 Å². The van der Waals surface area contributed by atoms with Gasteiger partial charge in [-0.3, -0.25) is 0 Å². The van der Waals surface area contributed by atoms with E-state index in [-0.39, 0.29) is 0 Å². The second-order valence-corrected chi connectivity index (χ2v) is 6.11. The molecule has 3 nitrogen and oxygen atoms in total. The summed E-state index contributed by atoms with van der Waals surface area (Å²) in [7, 11) is 0. The summed E-state index contributed by atoms with van der Waals surface area (Å²) < 4.78 is 50.4. The first-order valence-electron chi connectivity index (χ1n) is 6.79. The van der Waals surface area contributed by atoms with E-state index in [0.29, 0.717) is 49.3 Å². The zero-order chi connectivity index (χ0) is 15.1. The number of rotatable bonds is 1. The van der Waals surface area contributed by atoms with Crippen molar-refractivity contribution < 1.29 is 22.6 Å². The van der Waals surface area contributed by atoms with Crippen molar-refractivity contribution in [2.24, 2.45) is 0 Å². The summed E-state index contributed by atoms with van der Waals surface area (Å²) in [5.41, 5.74) is -0.0629. The molecule has 0 saturated carbocycles. The molecule has 0 radical (unpaired) electrons. The summed E-state index contributed by atoms with van der Waals surface area (Å²) >= 11 is 3.34. The van der Waals surface area contributed by atoms with Gasteiger partial charge in [-0.25, -0.2) is 0 Å². The Hall–Kier alpha value is -0.790. The Morgan fingerprint density at radius 1 is 1.10 bits per heavy atom. The lowest BCUT2D eigenvalue weighted by atomic mass is 10.0. The zero-order valence-electron chi connectivity index (χ0n) is 11.3. The number of hydrogen-bond donors (Lipinski definition) is 0. The zero-order valence-corrected chi connectivity index (χ0v) is 12.8. The number of anilines is 1. The summed E-state index contributed by atoms with van der Waals surface area (Å²) in [5, 5.41) is 0. The van der Waals surface area contributed by atoms with E-state index in [1.165, 1.54) is 12.1 Å². The topological polar surface area (TPSA) is 21.7 Å². The fourth-order valence-electron chi connectivity index (χ4n) is 2.81. The lowest BCUT2D eigenvalue weighted by Gasteiger charge is -2.39. The van der Waals surface area contributed by atoms with E-state index in [0.717, 1.165) is 6.07 Å². The van der Waals surface area contributed by atoms with E-state index in [9.17, 15) is 13.2 Å². The molecular weight excluding hydrogens is 351 g/mol. The fourth-order valence-corrected chi connectivity index (χ4v) is 3.30. The monoisotopic (exact) mass is 365 g/mol. The predicted octanol–water partition coefficient (Wildman–Crippen LogP) is 3.81. The molecule has 1 spiro atoms. The molecule has 2 heterocycles. The van der Waals surface area contributed by atoms with Gasteiger partial charge in [0.15, 0.2) is 5.79 Å². The lowest BCUT2D eigenvalue weighted by molar-refractivity contribution is -0.169. The number of benzene rings is 1. The molecule has 0 N–H and O–H groups in total. The molecule has 0 aromatic heterocycles. The molecular formula is C14H15BrF3NO2. The van der Waals surface area contributed by atoms with Gasteiger partial charge in [0, 0.05) is 30.4 Å². The van der Waals surface area contributed by atoms with Gasteiger partial charge in [0.25, 0.3) is 0 Å². The molecule has 0 bridgehead atoms. The minimum absolute atomic E-state index is 0.523. The first-order chi connectivity index (χ1) is 9.90. The Morgan fingerprint density at radius 2 is 1.71 bits per heavy atom. The highest BCUT2D eigenvalue weighted by Gasteiger charge is 2.40. The Morgan fingerprint density at radius 3 is 2.29 bits per heavy atom. The van der Waals surface area contributed by atoms with Crippen molar-refractivity contribution in [3.8, 4) is 0 Å². The maximum absolute atomic E-state index is 12.8. The Bertz CT molecular complexity index is 519. The molecule has 2 aliphatic heterocycles. The first kappa shape index (κ1) is 15.1. The fraction of sp³-hybridized carbons (Fsp3) is 0.571. The second kappa shape index (κ2) is 5.44. The number of hydrogen-bond acceptors (Lipinski definition) is 3. The maximum Gasteiger partial charge on any atom is 0.416 e. The van der Waals surface area contributed by atoms with Crippen molar-refractivity contribution in [3.63, 3.8) is 0 Å². The van der Waals surface area contributed by atoms with Crippen LogP contribution >= 0.6 is 15.9 Å². The van der Waals surface area contributed by atoms with Crippen molar-refractivity contribution in [2.45, 2.75) is 24.8 Å². The van der Waals surface area contributed by atoms with Crippen LogP contribution in [-0.2, 0) is 15.7 Å². The number of piperidine rings is 1. The van der Waals surface area contributed by atoms with Crippen LogP contribution in [0.25, 0.3) is 0 Å². The molecule has 7 heteroatoms. The summed E-state index contributed by atoms with van der Waals surface area (Å²) in [6, 6.07) is 3.73. The van der Waals surface area contributed by atoms with Gasteiger partial charge in [-0.15, -0.1) is 0 Å². The Balaban J connectivity index is 1.78. The van der Waals surface area contributed by atoms with Crippen LogP contribution in [0.2, 0.25) is 0 Å². The first-order valence-corrected chi connectivity index (χ1v) is 7.59. The minimum Gasteiger partial charge on any atom is -0.370 e. The highest BCUT2D eigenvalue weighted by Crippen LogP contribution is 2.38. The Kier molecular flexibility index (Phi) is 3.92. The third kappa shape index (κ3) is 3.05. The molecule has 0 aliphatic carbocycles. The van der Waals surface area contributed by atoms with E-state index in [2.05, 4.69) is 15.9 Å². The van der Waals surface area contributed by atoms with Gasteiger partial charge in [0.05, 0.1) is 24.5 Å². The van der Waals surface area contributed by atoms with E-state index in [1.54, 1.807) is 0 Å². The van der Waals surface area contributed by atoms with Gasteiger partial charge in [-0.2, -0.15) is 13.2 Å². The van der Waals surface area contributed by atoms with Crippen molar-refractivity contribution in [2.75, 3.05) is 31.2 Å². The highest BCUT2D eigenvalue weighted by molar-refractivity contribution is 9.10. The third-order valence-corrected chi connectivity index (χ3v) is 4.62. The average molecular weight is 366 g/mol. The Labute approximate surface area is 129 Å². The van der Waals surface area contributed by atoms with Crippen LogP contribution < -0.4 is 4.90 Å². The summed E-state index contributed by atoms with van der Waals surface area (Å²) in [6.45, 7) is 2.40. The summed E-state index contributed by atoms with van der Waals surface area (Å²) in [5.74, 6) is -0.523. The molecule has 3 rings (SSSR count). The van der Waals surface area contributed by atoms with Crippen LogP contribution in [0.3, 0.4) is 0 Å². The predicted molar refractivity (Wildman–Crippen MR) is 75.2 cm³/mol. The van der Waals surface area contributed by atoms with Gasteiger partial charge in [0.1, 0.15) is 0 Å². The molecule has 2 saturated heterocycles. The van der Waals surface area contributed by atoms with Crippen molar-refractivity contribution in [3.05, 3.63) is 28.2 Å². The summed E-state index contributed by atoms with van der Waals surface area (Å²) in [6.07, 6.45) is -3.00. The van der Waals surface area contributed by atoms with Crippen LogP contribution in [0.15, 0.2) is 22.7 Å². The average Bonchev–Trinajstić information content (AvgIpc) is 2.88.